The Morgan fingerprint density at radius 3 is 2.57 bits per heavy atom. The Hall–Kier alpha value is -3.94. The summed E-state index contributed by atoms with van der Waals surface area (Å²) >= 11 is 0. The van der Waals surface area contributed by atoms with Crippen molar-refractivity contribution in [3.63, 3.8) is 0 Å². The van der Waals surface area contributed by atoms with Crippen LogP contribution in [0.1, 0.15) is 35.0 Å². The summed E-state index contributed by atoms with van der Waals surface area (Å²) in [6, 6.07) is 16.6. The molecule has 8 heteroatoms. The minimum Gasteiger partial charge on any atom is -0.496 e. The lowest BCUT2D eigenvalue weighted by Gasteiger charge is -2.11. The predicted octanol–water partition coefficient (Wildman–Crippen LogP) is 3.73. The zero-order chi connectivity index (χ0) is 21.1. The van der Waals surface area contributed by atoms with E-state index in [1.54, 1.807) is 31.8 Å². The number of ether oxygens (including phenoxy) is 1. The summed E-state index contributed by atoms with van der Waals surface area (Å²) in [5.41, 5.74) is 2.49. The molecule has 2 aromatic carbocycles. The summed E-state index contributed by atoms with van der Waals surface area (Å²) < 4.78 is 12.3. The van der Waals surface area contributed by atoms with Crippen molar-refractivity contribution in [2.75, 3.05) is 7.11 Å². The first-order valence-corrected chi connectivity index (χ1v) is 9.46. The molecule has 1 amide bonds. The average molecular weight is 403 g/mol. The van der Waals surface area contributed by atoms with Crippen molar-refractivity contribution >= 4 is 5.91 Å². The summed E-state index contributed by atoms with van der Waals surface area (Å²) in [6.45, 7) is 3.51. The van der Waals surface area contributed by atoms with Crippen molar-refractivity contribution in [2.24, 2.45) is 0 Å². The molecule has 30 heavy (non-hydrogen) atoms. The normalized spacial score (nSPS) is 11.8. The number of methoxy groups -OCH3 is 1. The number of aromatic nitrogens is 4. The number of carbonyl (C=O) groups is 1. The van der Waals surface area contributed by atoms with E-state index in [0.717, 1.165) is 11.3 Å². The number of hydrogen-bond acceptors (Lipinski definition) is 6. The molecule has 0 bridgehead atoms. The van der Waals surface area contributed by atoms with Gasteiger partial charge in [-0.05, 0) is 38.1 Å². The van der Waals surface area contributed by atoms with Gasteiger partial charge in [-0.15, -0.1) is 0 Å². The van der Waals surface area contributed by atoms with Crippen LogP contribution in [-0.2, 0) is 0 Å². The van der Waals surface area contributed by atoms with Crippen LogP contribution >= 0.6 is 0 Å². The van der Waals surface area contributed by atoms with Gasteiger partial charge in [0.2, 0.25) is 5.89 Å². The largest absolute Gasteiger partial charge is 0.496 e. The van der Waals surface area contributed by atoms with E-state index in [9.17, 15) is 4.79 Å². The molecule has 4 aromatic rings. The van der Waals surface area contributed by atoms with Gasteiger partial charge in [0.15, 0.2) is 5.82 Å². The highest BCUT2D eigenvalue weighted by molar-refractivity contribution is 6.00. The molecular weight excluding hydrogens is 382 g/mol. The molecule has 4 rings (SSSR count). The molecule has 8 nitrogen and oxygen atoms in total. The van der Waals surface area contributed by atoms with Gasteiger partial charge in [-0.25, -0.2) is 4.68 Å². The first kappa shape index (κ1) is 19.4. The highest BCUT2D eigenvalue weighted by Crippen LogP contribution is 2.32. The van der Waals surface area contributed by atoms with Crippen molar-refractivity contribution < 1.29 is 14.1 Å². The molecule has 0 saturated carbocycles. The number of nitrogens with one attached hydrogen (secondary N) is 1. The number of amides is 1. The van der Waals surface area contributed by atoms with Crippen LogP contribution in [0.15, 0.2) is 65.3 Å². The van der Waals surface area contributed by atoms with Gasteiger partial charge in [-0.3, -0.25) is 4.79 Å². The number of para-hydroxylation sites is 2. The number of carbonyl (C=O) groups excluding carboxylic acids is 1. The van der Waals surface area contributed by atoms with Gasteiger partial charge in [0.05, 0.1) is 18.4 Å². The van der Waals surface area contributed by atoms with Crippen molar-refractivity contribution in [1.29, 1.82) is 0 Å². The summed E-state index contributed by atoms with van der Waals surface area (Å²) in [4.78, 5) is 17.4. The Kier molecular flexibility index (Phi) is 5.30. The molecule has 2 aromatic heterocycles. The van der Waals surface area contributed by atoms with Crippen LogP contribution in [0.2, 0.25) is 0 Å². The molecule has 1 atom stereocenters. The Morgan fingerprint density at radius 1 is 1.13 bits per heavy atom. The van der Waals surface area contributed by atoms with Gasteiger partial charge in [-0.1, -0.05) is 35.5 Å². The van der Waals surface area contributed by atoms with Crippen LogP contribution in [0, 0.1) is 6.92 Å². The van der Waals surface area contributed by atoms with E-state index in [2.05, 4.69) is 20.6 Å². The minimum absolute atomic E-state index is 0.304. The molecule has 0 aliphatic heterocycles. The molecule has 0 radical (unpaired) electrons. The number of aryl methyl sites for hydroxylation is 1. The van der Waals surface area contributed by atoms with Crippen LogP contribution in [0.3, 0.4) is 0 Å². The Morgan fingerprint density at radius 2 is 1.87 bits per heavy atom. The molecule has 0 fully saturated rings. The lowest BCUT2D eigenvalue weighted by Crippen LogP contribution is -2.27. The Labute approximate surface area is 173 Å². The van der Waals surface area contributed by atoms with Crippen molar-refractivity contribution in [1.82, 2.24) is 25.2 Å². The van der Waals surface area contributed by atoms with Crippen LogP contribution in [0.25, 0.3) is 16.9 Å². The average Bonchev–Trinajstić information content (AvgIpc) is 3.41. The third-order valence-electron chi connectivity index (χ3n) is 4.60. The molecule has 0 aliphatic carbocycles. The fourth-order valence-electron chi connectivity index (χ4n) is 3.12. The highest BCUT2D eigenvalue weighted by Gasteiger charge is 2.24. The van der Waals surface area contributed by atoms with Crippen LogP contribution in [0.5, 0.6) is 5.75 Å². The van der Waals surface area contributed by atoms with Gasteiger partial charge in [-0.2, -0.15) is 10.1 Å². The van der Waals surface area contributed by atoms with Gasteiger partial charge >= 0.3 is 0 Å². The SMILES string of the molecule is COc1ccccc1-c1nn(-c2ccccc2)cc1C(=O)NC(C)c1nc(C)no1. The maximum atomic E-state index is 13.2. The molecule has 1 unspecified atom stereocenters. The Bertz CT molecular complexity index is 1170. The fourth-order valence-corrected chi connectivity index (χ4v) is 3.12. The second-order valence-corrected chi connectivity index (χ2v) is 6.75. The number of hydrogen-bond donors (Lipinski definition) is 1. The van der Waals surface area contributed by atoms with E-state index in [1.165, 1.54) is 0 Å². The number of nitrogens with zero attached hydrogens (tertiary/aromatic N) is 4. The standard InChI is InChI=1S/C22H21N5O3/c1-14(22-24-15(2)26-30-22)23-21(28)18-13-27(16-9-5-4-6-10-16)25-20(18)17-11-7-8-12-19(17)29-3/h4-14H,1-3H3,(H,23,28). The van der Waals surface area contributed by atoms with Crippen LogP contribution in [-0.4, -0.2) is 32.9 Å². The van der Waals surface area contributed by atoms with Crippen LogP contribution in [0.4, 0.5) is 0 Å². The van der Waals surface area contributed by atoms with Gasteiger partial charge in [0, 0.05) is 11.8 Å². The quantitative estimate of drug-likeness (QED) is 0.527. The smallest absolute Gasteiger partial charge is 0.255 e. The summed E-state index contributed by atoms with van der Waals surface area (Å²) in [5, 5.41) is 11.4. The topological polar surface area (TPSA) is 95.1 Å². The number of rotatable bonds is 6. The van der Waals surface area contributed by atoms with Gasteiger partial charge in [0.1, 0.15) is 17.5 Å². The zero-order valence-electron chi connectivity index (χ0n) is 16.9. The maximum absolute atomic E-state index is 13.2. The fraction of sp³-hybridized carbons (Fsp3) is 0.182. The molecule has 0 aliphatic rings. The second-order valence-electron chi connectivity index (χ2n) is 6.75. The van der Waals surface area contributed by atoms with E-state index < -0.39 is 6.04 Å². The van der Waals surface area contributed by atoms with E-state index in [0.29, 0.717) is 28.7 Å². The third kappa shape index (κ3) is 3.80. The minimum atomic E-state index is -0.454. The number of benzene rings is 2. The molecular formula is C22H21N5O3. The van der Waals surface area contributed by atoms with Gasteiger partial charge in [0.25, 0.3) is 5.91 Å². The lowest BCUT2D eigenvalue weighted by molar-refractivity contribution is 0.0933. The molecule has 0 spiro atoms. The summed E-state index contributed by atoms with van der Waals surface area (Å²) in [6.07, 6.45) is 1.71. The molecule has 0 saturated heterocycles. The molecule has 2 heterocycles. The third-order valence-corrected chi connectivity index (χ3v) is 4.60. The summed E-state index contributed by atoms with van der Waals surface area (Å²) in [5.74, 6) is 1.18. The van der Waals surface area contributed by atoms with E-state index in [1.807, 2.05) is 54.6 Å². The van der Waals surface area contributed by atoms with Crippen molar-refractivity contribution in [3.8, 4) is 22.7 Å². The maximum Gasteiger partial charge on any atom is 0.255 e. The first-order valence-electron chi connectivity index (χ1n) is 9.46. The predicted molar refractivity (Wildman–Crippen MR) is 110 cm³/mol. The Balaban J connectivity index is 1.75. The first-order chi connectivity index (χ1) is 14.6. The summed E-state index contributed by atoms with van der Waals surface area (Å²) in [7, 11) is 1.59. The molecule has 152 valence electrons. The van der Waals surface area contributed by atoms with Gasteiger partial charge < -0.3 is 14.6 Å². The van der Waals surface area contributed by atoms with E-state index >= 15 is 0 Å². The van der Waals surface area contributed by atoms with E-state index in [4.69, 9.17) is 9.26 Å². The van der Waals surface area contributed by atoms with Crippen molar-refractivity contribution in [2.45, 2.75) is 19.9 Å². The molecule has 1 N–H and O–H groups in total. The lowest BCUT2D eigenvalue weighted by atomic mass is 10.1. The zero-order valence-corrected chi connectivity index (χ0v) is 16.9. The monoisotopic (exact) mass is 403 g/mol. The highest BCUT2D eigenvalue weighted by atomic mass is 16.5. The van der Waals surface area contributed by atoms with Crippen molar-refractivity contribution in [3.05, 3.63) is 78.1 Å². The van der Waals surface area contributed by atoms with Crippen LogP contribution < -0.4 is 10.1 Å². The van der Waals surface area contributed by atoms with E-state index in [-0.39, 0.29) is 5.91 Å². The second kappa shape index (κ2) is 8.20.